The van der Waals surface area contributed by atoms with Gasteiger partial charge in [-0.05, 0) is 158 Å². The monoisotopic (exact) mass is 1170 g/mol. The maximum Gasteiger partial charge on any atom is 0.493 e. The largest absolute Gasteiger partial charge is 0.493 e. The van der Waals surface area contributed by atoms with Gasteiger partial charge in [0.1, 0.15) is 23.7 Å². The summed E-state index contributed by atoms with van der Waals surface area (Å²) in [5, 5.41) is 0. The normalized spacial score (nSPS) is 16.2. The summed E-state index contributed by atoms with van der Waals surface area (Å²) in [6.45, 7) is 13.6. The highest BCUT2D eigenvalue weighted by atomic mass is 16.6. The fraction of sp³-hybridized carbons (Fsp3) is 0.444. The molecule has 6 aromatic rings. The Kier molecular flexibility index (Phi) is 28.7. The second-order valence-corrected chi connectivity index (χ2v) is 22.7. The van der Waals surface area contributed by atoms with Crippen LogP contribution in [-0.4, -0.2) is 76.7 Å². The van der Waals surface area contributed by atoms with Gasteiger partial charge in [-0.25, -0.2) is 9.59 Å². The minimum atomic E-state index is -0.438. The topological polar surface area (TPSA) is 142 Å². The second kappa shape index (κ2) is 37.0. The molecule has 0 aromatic heterocycles. The zero-order chi connectivity index (χ0) is 60.7. The fourth-order valence-electron chi connectivity index (χ4n) is 10.4. The summed E-state index contributed by atoms with van der Waals surface area (Å²) in [7, 11) is -0.448. The first kappa shape index (κ1) is 66.7. The Balaban J connectivity index is 0.000000221. The van der Waals surface area contributed by atoms with Crippen molar-refractivity contribution in [1.82, 2.24) is 0 Å². The van der Waals surface area contributed by atoms with Gasteiger partial charge < -0.3 is 37.6 Å². The summed E-state index contributed by atoms with van der Waals surface area (Å²) in [4.78, 5) is 48.9. The third-order valence-electron chi connectivity index (χ3n) is 15.8. The third kappa shape index (κ3) is 22.5. The van der Waals surface area contributed by atoms with Crippen LogP contribution in [-0.2, 0) is 56.9 Å². The van der Waals surface area contributed by atoms with Gasteiger partial charge in [-0.2, -0.15) is 0 Å². The van der Waals surface area contributed by atoms with Gasteiger partial charge in [0.2, 0.25) is 0 Å². The third-order valence-corrected chi connectivity index (χ3v) is 15.8. The van der Waals surface area contributed by atoms with E-state index >= 15 is 0 Å². The Morgan fingerprint density at radius 3 is 1.15 bits per heavy atom. The van der Waals surface area contributed by atoms with Crippen molar-refractivity contribution in [1.29, 1.82) is 0 Å². The molecule has 458 valence electrons. The van der Waals surface area contributed by atoms with E-state index in [-0.39, 0.29) is 39.8 Å². The molecule has 0 unspecified atom stereocenters. The molecule has 0 radical (unpaired) electrons. The van der Waals surface area contributed by atoms with Crippen LogP contribution in [0, 0.1) is 0 Å². The molecule has 6 aromatic carbocycles. The van der Waals surface area contributed by atoms with Crippen LogP contribution in [0.1, 0.15) is 199 Å². The summed E-state index contributed by atoms with van der Waals surface area (Å²) in [6.07, 6.45) is 16.6. The lowest BCUT2D eigenvalue weighted by Gasteiger charge is -2.28. The number of aryl methyl sites for hydroxylation is 3. The lowest BCUT2D eigenvalue weighted by molar-refractivity contribution is -0.135. The molecule has 1 saturated carbocycles. The van der Waals surface area contributed by atoms with E-state index in [1.165, 1.54) is 59.9 Å². The van der Waals surface area contributed by atoms with Crippen molar-refractivity contribution in [3.63, 3.8) is 0 Å². The molecule has 1 aliphatic carbocycles. The standard InChI is InChI=1S/C32H40O8.C23H31BO2.C17H19BO2.H2/c1-3-5-7-9-29(33)37-25-15-11-23(12-16-25)31(35)39-27-19-21-28(22-20-27)40-32(36)24-13-17-26(18-14-24)38-30(34)10-8-6-4-2;1-3-5-7-19-9-13-21(14-10-19)22-17-25-24(26-18-22)23-15-11-20(12-16-23)8-6-4-2;1-2-14-8-10-17(11-9-14)18-19-12-16(13-20-18)15-6-4-3-5-7-15;/h11-18,27-28H,3-10,19-22H2,1-2H3;9-16,22H,3-8,17-18H2,1-2H3;3-11,16H,2,12-13H2,1H3;1H. The lowest BCUT2D eigenvalue weighted by Crippen LogP contribution is -2.43. The minimum Gasteiger partial charge on any atom is -0.459 e. The van der Waals surface area contributed by atoms with E-state index in [0.717, 1.165) is 75.5 Å². The van der Waals surface area contributed by atoms with Gasteiger partial charge in [-0.3, -0.25) is 9.59 Å². The molecule has 0 spiro atoms. The predicted octanol–water partition coefficient (Wildman–Crippen LogP) is 14.9. The van der Waals surface area contributed by atoms with Crippen LogP contribution >= 0.6 is 0 Å². The summed E-state index contributed by atoms with van der Waals surface area (Å²) in [6, 6.07) is 49.3. The highest BCUT2D eigenvalue weighted by Gasteiger charge is 2.32. The molecule has 3 aliphatic rings. The van der Waals surface area contributed by atoms with Crippen LogP contribution < -0.4 is 20.4 Å². The van der Waals surface area contributed by atoms with Gasteiger partial charge in [0.15, 0.2) is 0 Å². The van der Waals surface area contributed by atoms with E-state index in [1.807, 2.05) is 6.07 Å². The number of hydrogen-bond acceptors (Lipinski definition) is 12. The highest BCUT2D eigenvalue weighted by molar-refractivity contribution is 6.61. The maximum absolute atomic E-state index is 12.6. The van der Waals surface area contributed by atoms with E-state index in [1.54, 1.807) is 48.5 Å². The average molecular weight is 1170 g/mol. The van der Waals surface area contributed by atoms with Gasteiger partial charge in [0, 0.05) is 52.5 Å². The molecule has 3 fully saturated rings. The van der Waals surface area contributed by atoms with Gasteiger partial charge >= 0.3 is 38.1 Å². The molecule has 86 heavy (non-hydrogen) atoms. The Morgan fingerprint density at radius 2 is 0.779 bits per heavy atom. The van der Waals surface area contributed by atoms with Crippen molar-refractivity contribution in [2.24, 2.45) is 0 Å². The zero-order valence-corrected chi connectivity index (χ0v) is 51.6. The Bertz CT molecular complexity index is 2750. The van der Waals surface area contributed by atoms with Gasteiger partial charge in [-0.1, -0.05) is 176 Å². The summed E-state index contributed by atoms with van der Waals surface area (Å²) < 4.78 is 45.7. The minimum absolute atomic E-state index is 0. The van der Waals surface area contributed by atoms with Crippen molar-refractivity contribution >= 4 is 49.0 Å². The molecular weight excluding hydrogens is 1080 g/mol. The molecule has 0 atom stereocenters. The highest BCUT2D eigenvalue weighted by Crippen LogP contribution is 2.28. The van der Waals surface area contributed by atoms with Crippen molar-refractivity contribution < 1.29 is 58.2 Å². The van der Waals surface area contributed by atoms with E-state index in [9.17, 15) is 19.2 Å². The zero-order valence-electron chi connectivity index (χ0n) is 51.6. The smallest absolute Gasteiger partial charge is 0.459 e. The molecular formula is C72H92B2O12. The summed E-state index contributed by atoms with van der Waals surface area (Å²) >= 11 is 0. The van der Waals surface area contributed by atoms with Gasteiger partial charge in [0.05, 0.1) is 11.1 Å². The Labute approximate surface area is 514 Å². The number of carbonyl (C=O) groups excluding carboxylic acids is 4. The fourth-order valence-corrected chi connectivity index (χ4v) is 10.4. The van der Waals surface area contributed by atoms with E-state index in [2.05, 4.69) is 132 Å². The van der Waals surface area contributed by atoms with Crippen LogP contribution in [0.5, 0.6) is 11.5 Å². The maximum atomic E-state index is 12.6. The first-order valence-corrected chi connectivity index (χ1v) is 31.9. The molecule has 0 N–H and O–H groups in total. The molecule has 2 saturated heterocycles. The number of unbranched alkanes of at least 4 members (excludes halogenated alkanes) is 6. The molecule has 0 bridgehead atoms. The van der Waals surface area contributed by atoms with Crippen molar-refractivity contribution in [2.75, 3.05) is 26.4 Å². The molecule has 2 aliphatic heterocycles. The molecule has 0 amide bonds. The van der Waals surface area contributed by atoms with E-state index in [0.29, 0.717) is 86.2 Å². The number of ether oxygens (including phenoxy) is 4. The van der Waals surface area contributed by atoms with Crippen LogP contribution in [0.3, 0.4) is 0 Å². The molecule has 2 heterocycles. The molecule has 9 rings (SSSR count). The summed E-state index contributed by atoms with van der Waals surface area (Å²) in [5.74, 6) is 0.0308. The lowest BCUT2D eigenvalue weighted by atomic mass is 9.76. The van der Waals surface area contributed by atoms with Crippen molar-refractivity contribution in [2.45, 2.75) is 181 Å². The number of hydrogen-bond donors (Lipinski definition) is 0. The van der Waals surface area contributed by atoms with Crippen molar-refractivity contribution in [3.05, 3.63) is 191 Å². The molecule has 12 nitrogen and oxygen atoms in total. The average Bonchev–Trinajstić information content (AvgIpc) is 3.73. The predicted molar refractivity (Wildman–Crippen MR) is 344 cm³/mol. The van der Waals surface area contributed by atoms with Gasteiger partial charge in [-0.15, -0.1) is 0 Å². The van der Waals surface area contributed by atoms with Crippen LogP contribution in [0.2, 0.25) is 0 Å². The number of rotatable bonds is 25. The quantitative estimate of drug-likeness (QED) is 0.0233. The van der Waals surface area contributed by atoms with E-state index in [4.69, 9.17) is 37.6 Å². The first-order valence-electron chi connectivity index (χ1n) is 31.9. The van der Waals surface area contributed by atoms with Crippen molar-refractivity contribution in [3.8, 4) is 11.5 Å². The Hall–Kier alpha value is -6.83. The SMILES string of the molecule is CCCCCC(=O)Oc1ccc(C(=O)OC2CCC(OC(=O)c3ccc(OC(=O)CCCCC)cc3)CC2)cc1.CCCCc1ccc(B2OCC(c3ccc(CCCC)cc3)CO2)cc1.CCc1ccc(B2OCC(c3ccccc3)CO2)cc1.[HH]. The van der Waals surface area contributed by atoms with Gasteiger partial charge in [0.25, 0.3) is 0 Å². The summed E-state index contributed by atoms with van der Waals surface area (Å²) in [5.41, 5.74) is 9.76. The second-order valence-electron chi connectivity index (χ2n) is 22.7. The first-order chi connectivity index (χ1) is 42.0. The van der Waals surface area contributed by atoms with E-state index < -0.39 is 11.9 Å². The van der Waals surface area contributed by atoms with Crippen LogP contribution in [0.15, 0.2) is 152 Å². The molecule has 14 heteroatoms. The number of esters is 4. The van der Waals surface area contributed by atoms with Crippen LogP contribution in [0.4, 0.5) is 0 Å². The number of carbonyl (C=O) groups is 4. The number of benzene rings is 6. The Morgan fingerprint density at radius 1 is 0.419 bits per heavy atom. The van der Waals surface area contributed by atoms with Crippen LogP contribution in [0.25, 0.3) is 0 Å².